The van der Waals surface area contributed by atoms with Gasteiger partial charge in [-0.15, -0.1) is 0 Å². The van der Waals surface area contributed by atoms with Crippen molar-refractivity contribution in [2.75, 3.05) is 10.8 Å². The maximum absolute atomic E-state index is 14.0. The molecule has 1 unspecified atom stereocenters. The molecule has 1 atom stereocenters. The molecule has 42 heavy (non-hydrogen) atoms. The SMILES string of the molecule is Cc1ccccc1CN(C(=O)CN(c1ccc(Cl)c(C(F)(F)F)c1)S(=O)(=O)c1ccccc1)C(C)C(=O)NC(C)(C)C. The molecule has 3 aromatic rings. The molecule has 226 valence electrons. The Morgan fingerprint density at radius 1 is 0.952 bits per heavy atom. The van der Waals surface area contributed by atoms with Crippen LogP contribution in [-0.2, 0) is 32.3 Å². The van der Waals surface area contributed by atoms with E-state index < -0.39 is 62.4 Å². The third kappa shape index (κ3) is 8.04. The van der Waals surface area contributed by atoms with Gasteiger partial charge < -0.3 is 10.2 Å². The van der Waals surface area contributed by atoms with Gasteiger partial charge in [-0.25, -0.2) is 8.42 Å². The van der Waals surface area contributed by atoms with Crippen molar-refractivity contribution in [3.05, 3.63) is 94.5 Å². The largest absolute Gasteiger partial charge is 0.417 e. The molecule has 3 aromatic carbocycles. The van der Waals surface area contributed by atoms with Gasteiger partial charge >= 0.3 is 6.18 Å². The number of nitrogens with one attached hydrogen (secondary N) is 1. The van der Waals surface area contributed by atoms with Crippen molar-refractivity contribution in [3.63, 3.8) is 0 Å². The first-order chi connectivity index (χ1) is 19.4. The molecule has 0 aliphatic heterocycles. The van der Waals surface area contributed by atoms with Crippen LogP contribution in [0.3, 0.4) is 0 Å². The van der Waals surface area contributed by atoms with Gasteiger partial charge in [0.2, 0.25) is 11.8 Å². The summed E-state index contributed by atoms with van der Waals surface area (Å²) in [4.78, 5) is 28.1. The molecule has 0 heterocycles. The summed E-state index contributed by atoms with van der Waals surface area (Å²) in [6.45, 7) is 7.75. The second-order valence-electron chi connectivity index (χ2n) is 10.8. The van der Waals surface area contributed by atoms with E-state index in [1.807, 2.05) is 19.1 Å². The molecule has 2 amide bonds. The second-order valence-corrected chi connectivity index (χ2v) is 13.1. The fourth-order valence-electron chi connectivity index (χ4n) is 4.16. The number of sulfonamides is 1. The van der Waals surface area contributed by atoms with Gasteiger partial charge in [0, 0.05) is 12.1 Å². The minimum atomic E-state index is -4.88. The van der Waals surface area contributed by atoms with Crippen molar-refractivity contribution in [2.24, 2.45) is 0 Å². The number of hydrogen-bond acceptors (Lipinski definition) is 4. The van der Waals surface area contributed by atoms with Crippen molar-refractivity contribution in [3.8, 4) is 0 Å². The number of alkyl halides is 3. The number of anilines is 1. The Morgan fingerprint density at radius 2 is 1.55 bits per heavy atom. The highest BCUT2D eigenvalue weighted by Crippen LogP contribution is 2.38. The van der Waals surface area contributed by atoms with Gasteiger partial charge in [0.1, 0.15) is 12.6 Å². The maximum atomic E-state index is 14.0. The second kappa shape index (κ2) is 12.7. The molecule has 7 nitrogen and oxygen atoms in total. The molecule has 0 radical (unpaired) electrons. The lowest BCUT2D eigenvalue weighted by Crippen LogP contribution is -2.54. The van der Waals surface area contributed by atoms with E-state index in [0.717, 1.165) is 17.7 Å². The first-order valence-electron chi connectivity index (χ1n) is 13.0. The lowest BCUT2D eigenvalue weighted by molar-refractivity contribution is -0.140. The summed E-state index contributed by atoms with van der Waals surface area (Å²) < 4.78 is 69.4. The number of aryl methyl sites for hydroxylation is 1. The van der Waals surface area contributed by atoms with Crippen LogP contribution in [0.2, 0.25) is 5.02 Å². The monoisotopic (exact) mass is 623 g/mol. The van der Waals surface area contributed by atoms with Crippen LogP contribution in [0.15, 0.2) is 77.7 Å². The number of carbonyl (C=O) groups excluding carboxylic acids is 2. The molecule has 0 fully saturated rings. The number of amides is 2. The Kier molecular flexibility index (Phi) is 10.00. The predicted molar refractivity (Wildman–Crippen MR) is 157 cm³/mol. The average Bonchev–Trinajstić information content (AvgIpc) is 2.90. The number of halogens is 4. The lowest BCUT2D eigenvalue weighted by atomic mass is 10.1. The normalized spacial score (nSPS) is 12.9. The third-order valence-corrected chi connectivity index (χ3v) is 8.54. The molecule has 1 N–H and O–H groups in total. The first-order valence-corrected chi connectivity index (χ1v) is 14.8. The van der Waals surface area contributed by atoms with Crippen LogP contribution in [0.25, 0.3) is 0 Å². The van der Waals surface area contributed by atoms with Gasteiger partial charge in [-0.3, -0.25) is 13.9 Å². The number of benzene rings is 3. The summed E-state index contributed by atoms with van der Waals surface area (Å²) >= 11 is 5.80. The fraction of sp³-hybridized carbons (Fsp3) is 0.333. The standard InChI is InChI=1S/C30H33ClF3N3O4S/c1-20-11-9-10-12-22(20)18-36(21(2)28(39)35-29(3,4)5)27(38)19-37(42(40,41)24-13-7-6-8-14-24)23-15-16-26(31)25(17-23)30(32,33)34/h6-17,21H,18-19H2,1-5H3,(H,35,39). The van der Waals surface area contributed by atoms with Crippen molar-refractivity contribution in [2.45, 2.75) is 63.8 Å². The Hall–Kier alpha value is -3.57. The Labute approximate surface area is 249 Å². The van der Waals surface area contributed by atoms with E-state index >= 15 is 0 Å². The highest BCUT2D eigenvalue weighted by atomic mass is 35.5. The summed E-state index contributed by atoms with van der Waals surface area (Å²) in [5.41, 5.74) is -0.740. The molecule has 0 aliphatic rings. The number of rotatable bonds is 9. The van der Waals surface area contributed by atoms with Crippen LogP contribution in [-0.4, -0.2) is 43.3 Å². The van der Waals surface area contributed by atoms with Crippen LogP contribution in [0.1, 0.15) is 44.4 Å². The third-order valence-electron chi connectivity index (χ3n) is 6.42. The van der Waals surface area contributed by atoms with Crippen molar-refractivity contribution in [1.29, 1.82) is 0 Å². The summed E-state index contributed by atoms with van der Waals surface area (Å²) in [5, 5.41) is 2.20. The smallest absolute Gasteiger partial charge is 0.350 e. The van der Waals surface area contributed by atoms with Gasteiger partial charge in [0.25, 0.3) is 10.0 Å². The van der Waals surface area contributed by atoms with Crippen molar-refractivity contribution < 1.29 is 31.2 Å². The first kappa shape index (κ1) is 32.9. The molecule has 0 saturated heterocycles. The van der Waals surface area contributed by atoms with Crippen LogP contribution in [0, 0.1) is 6.92 Å². The Bertz CT molecular complexity index is 1540. The zero-order chi connectivity index (χ0) is 31.5. The van der Waals surface area contributed by atoms with Crippen molar-refractivity contribution >= 4 is 39.1 Å². The highest BCUT2D eigenvalue weighted by molar-refractivity contribution is 7.92. The van der Waals surface area contributed by atoms with E-state index in [0.29, 0.717) is 15.9 Å². The van der Waals surface area contributed by atoms with E-state index in [1.54, 1.807) is 39.0 Å². The molecule has 0 bridgehead atoms. The van der Waals surface area contributed by atoms with E-state index in [9.17, 15) is 31.2 Å². The Morgan fingerprint density at radius 3 is 2.12 bits per heavy atom. The molecule has 0 aliphatic carbocycles. The van der Waals surface area contributed by atoms with Gasteiger partial charge in [0.05, 0.1) is 21.2 Å². The highest BCUT2D eigenvalue weighted by Gasteiger charge is 2.37. The van der Waals surface area contributed by atoms with E-state index in [2.05, 4.69) is 5.32 Å². The van der Waals surface area contributed by atoms with Gasteiger partial charge in [-0.05, 0) is 76.1 Å². The fourth-order valence-corrected chi connectivity index (χ4v) is 5.81. The molecular weight excluding hydrogens is 591 g/mol. The van der Waals surface area contributed by atoms with E-state index in [4.69, 9.17) is 11.6 Å². The molecule has 0 saturated carbocycles. The summed E-state index contributed by atoms with van der Waals surface area (Å²) in [7, 11) is -4.54. The molecule has 0 aromatic heterocycles. The molecule has 3 rings (SSSR count). The van der Waals surface area contributed by atoms with E-state index in [-0.39, 0.29) is 11.4 Å². The van der Waals surface area contributed by atoms with Crippen molar-refractivity contribution in [1.82, 2.24) is 10.2 Å². The van der Waals surface area contributed by atoms with Crippen LogP contribution >= 0.6 is 11.6 Å². The zero-order valence-corrected chi connectivity index (χ0v) is 25.4. The lowest BCUT2D eigenvalue weighted by Gasteiger charge is -2.34. The summed E-state index contributed by atoms with van der Waals surface area (Å²) in [6, 6.07) is 15.8. The number of nitrogens with zero attached hydrogens (tertiary/aromatic N) is 2. The predicted octanol–water partition coefficient (Wildman–Crippen LogP) is 6.19. The van der Waals surface area contributed by atoms with Crippen LogP contribution in [0.4, 0.5) is 18.9 Å². The molecular formula is C30H33ClF3N3O4S. The summed E-state index contributed by atoms with van der Waals surface area (Å²) in [5.74, 6) is -1.27. The molecule has 12 heteroatoms. The summed E-state index contributed by atoms with van der Waals surface area (Å²) in [6.07, 6.45) is -4.88. The van der Waals surface area contributed by atoms with Crippen LogP contribution in [0.5, 0.6) is 0 Å². The van der Waals surface area contributed by atoms with Gasteiger partial charge in [-0.2, -0.15) is 13.2 Å². The van der Waals surface area contributed by atoms with Gasteiger partial charge in [0.15, 0.2) is 0 Å². The van der Waals surface area contributed by atoms with E-state index in [1.165, 1.54) is 36.1 Å². The minimum Gasteiger partial charge on any atom is -0.350 e. The van der Waals surface area contributed by atoms with Gasteiger partial charge in [-0.1, -0.05) is 54.1 Å². The zero-order valence-electron chi connectivity index (χ0n) is 23.9. The quantitative estimate of drug-likeness (QED) is 0.308. The van der Waals surface area contributed by atoms with Crippen LogP contribution < -0.4 is 9.62 Å². The topological polar surface area (TPSA) is 86.8 Å². The maximum Gasteiger partial charge on any atom is 0.417 e. The Balaban J connectivity index is 2.13. The average molecular weight is 624 g/mol. The minimum absolute atomic E-state index is 0.0438. The number of hydrogen-bond donors (Lipinski definition) is 1. The number of carbonyl (C=O) groups is 2. The molecule has 0 spiro atoms.